The highest BCUT2D eigenvalue weighted by Crippen LogP contribution is 2.36. The van der Waals surface area contributed by atoms with Gasteiger partial charge in [-0.25, -0.2) is 0 Å². The lowest BCUT2D eigenvalue weighted by Crippen LogP contribution is -2.44. The van der Waals surface area contributed by atoms with Gasteiger partial charge < -0.3 is 0 Å². The molecule has 2 rings (SSSR count). The Morgan fingerprint density at radius 1 is 0.769 bits per heavy atom. The monoisotopic (exact) mass is 368 g/mol. The largest absolute Gasteiger partial charge is 0.292 e. The van der Waals surface area contributed by atoms with Crippen LogP contribution in [0.2, 0.25) is 0 Å². The zero-order valence-corrected chi connectivity index (χ0v) is 15.9. The summed E-state index contributed by atoms with van der Waals surface area (Å²) in [7, 11) is 0. The molecule has 0 aromatic heterocycles. The van der Waals surface area contributed by atoms with Crippen LogP contribution in [0.15, 0.2) is 60.7 Å². The van der Waals surface area contributed by atoms with Crippen LogP contribution in [0.4, 0.5) is 0 Å². The van der Waals surface area contributed by atoms with E-state index in [0.717, 1.165) is 19.3 Å². The summed E-state index contributed by atoms with van der Waals surface area (Å²) in [5, 5.41) is -0.684. The van der Waals surface area contributed by atoms with Gasteiger partial charge in [0.05, 0.1) is 0 Å². The second kappa shape index (κ2) is 9.48. The number of unbranched alkanes of at least 4 members (excludes halogenated alkanes) is 3. The molecule has 136 valence electrons. The minimum absolute atomic E-state index is 0.177. The van der Waals surface area contributed by atoms with E-state index in [9.17, 15) is 14.4 Å². The Bertz CT molecular complexity index is 702. The van der Waals surface area contributed by atoms with Crippen LogP contribution in [0.25, 0.3) is 0 Å². The summed E-state index contributed by atoms with van der Waals surface area (Å²) in [6, 6.07) is 17.0. The lowest BCUT2D eigenvalue weighted by atomic mass is 9.71. The first kappa shape index (κ1) is 20.1. The molecule has 3 nitrogen and oxygen atoms in total. The van der Waals surface area contributed by atoms with Gasteiger partial charge in [0.25, 0.3) is 0 Å². The molecule has 0 bridgehead atoms. The summed E-state index contributed by atoms with van der Waals surface area (Å²) in [4.78, 5) is 39.2. The molecule has 0 unspecified atom stereocenters. The molecule has 0 radical (unpaired) electrons. The molecule has 0 saturated carbocycles. The quantitative estimate of drug-likeness (QED) is 0.273. The van der Waals surface area contributed by atoms with Gasteiger partial charge >= 0.3 is 0 Å². The van der Waals surface area contributed by atoms with Crippen LogP contribution in [-0.2, 0) is 4.79 Å². The van der Waals surface area contributed by atoms with Gasteiger partial charge in [0.2, 0.25) is 5.12 Å². The third-order valence-corrected chi connectivity index (χ3v) is 5.00. The zero-order valence-electron chi connectivity index (χ0n) is 15.0. The normalized spacial score (nSPS) is 11.2. The SMILES string of the molecule is CCCCCCC(C(=O)S)(C(=O)c1ccccc1)C(=O)c1ccccc1. The third kappa shape index (κ3) is 4.31. The summed E-state index contributed by atoms with van der Waals surface area (Å²) in [6.07, 6.45) is 3.69. The fraction of sp³-hybridized carbons (Fsp3) is 0.318. The number of ketones is 2. The van der Waals surface area contributed by atoms with Crippen molar-refractivity contribution in [3.63, 3.8) is 0 Å². The van der Waals surface area contributed by atoms with E-state index in [0.29, 0.717) is 17.5 Å². The van der Waals surface area contributed by atoms with Crippen molar-refractivity contribution >= 4 is 29.3 Å². The minimum atomic E-state index is -1.78. The molecular formula is C22H24O3S. The van der Waals surface area contributed by atoms with Gasteiger partial charge in [-0.3, -0.25) is 14.4 Å². The Kier molecular flexibility index (Phi) is 7.34. The van der Waals surface area contributed by atoms with E-state index in [2.05, 4.69) is 19.6 Å². The Morgan fingerprint density at radius 3 is 1.62 bits per heavy atom. The Balaban J connectivity index is 2.48. The molecule has 0 aliphatic carbocycles. The van der Waals surface area contributed by atoms with E-state index in [1.807, 2.05) is 0 Å². The lowest BCUT2D eigenvalue weighted by Gasteiger charge is -2.28. The molecule has 2 aromatic carbocycles. The number of thiol groups is 1. The van der Waals surface area contributed by atoms with Crippen molar-refractivity contribution in [1.29, 1.82) is 0 Å². The molecule has 0 atom stereocenters. The average molecular weight is 368 g/mol. The van der Waals surface area contributed by atoms with Crippen molar-refractivity contribution < 1.29 is 14.4 Å². The van der Waals surface area contributed by atoms with Crippen LogP contribution in [0.5, 0.6) is 0 Å². The van der Waals surface area contributed by atoms with Gasteiger partial charge in [-0.15, -0.1) is 12.6 Å². The van der Waals surface area contributed by atoms with Gasteiger partial charge in [-0.05, 0) is 6.42 Å². The van der Waals surface area contributed by atoms with E-state index in [-0.39, 0.29) is 6.42 Å². The molecular weight excluding hydrogens is 344 g/mol. The molecule has 0 amide bonds. The number of carbonyl (C=O) groups excluding carboxylic acids is 3. The van der Waals surface area contributed by atoms with E-state index in [1.54, 1.807) is 60.7 Å². The number of hydrogen-bond donors (Lipinski definition) is 1. The number of benzene rings is 2. The van der Waals surface area contributed by atoms with Crippen LogP contribution in [-0.4, -0.2) is 16.7 Å². The molecule has 0 fully saturated rings. The van der Waals surface area contributed by atoms with E-state index >= 15 is 0 Å². The standard InChI is InChI=1S/C22H24O3S/c1-2-3-4-11-16-22(21(25)26,19(23)17-12-7-5-8-13-17)20(24)18-14-9-6-10-15-18/h5-10,12-15H,2-4,11,16H2,1H3,(H,25,26). The number of rotatable bonds is 10. The summed E-state index contributed by atoms with van der Waals surface area (Å²) >= 11 is 4.00. The Labute approximate surface area is 160 Å². The highest BCUT2D eigenvalue weighted by molar-refractivity contribution is 7.97. The number of carbonyl (C=O) groups is 3. The first-order chi connectivity index (χ1) is 12.5. The van der Waals surface area contributed by atoms with Crippen molar-refractivity contribution in [3.05, 3.63) is 71.8 Å². The van der Waals surface area contributed by atoms with Crippen molar-refractivity contribution in [1.82, 2.24) is 0 Å². The van der Waals surface area contributed by atoms with E-state index < -0.39 is 22.1 Å². The topological polar surface area (TPSA) is 51.2 Å². The summed E-state index contributed by atoms with van der Waals surface area (Å²) in [5.41, 5.74) is -1.07. The van der Waals surface area contributed by atoms with Crippen LogP contribution in [0.1, 0.15) is 59.7 Å². The first-order valence-corrected chi connectivity index (χ1v) is 9.42. The van der Waals surface area contributed by atoms with Crippen LogP contribution in [0.3, 0.4) is 0 Å². The van der Waals surface area contributed by atoms with Gasteiger partial charge in [-0.1, -0.05) is 93.3 Å². The first-order valence-electron chi connectivity index (χ1n) is 8.97. The highest BCUT2D eigenvalue weighted by atomic mass is 32.1. The molecule has 0 N–H and O–H groups in total. The van der Waals surface area contributed by atoms with E-state index in [1.165, 1.54) is 0 Å². The molecule has 26 heavy (non-hydrogen) atoms. The second-order valence-electron chi connectivity index (χ2n) is 6.41. The average Bonchev–Trinajstić information content (AvgIpc) is 2.68. The zero-order chi connectivity index (χ0) is 19.0. The maximum atomic E-state index is 13.3. The smallest absolute Gasteiger partial charge is 0.207 e. The highest BCUT2D eigenvalue weighted by Gasteiger charge is 2.50. The summed E-state index contributed by atoms with van der Waals surface area (Å²) in [5.74, 6) is -0.938. The molecule has 0 aliphatic heterocycles. The molecule has 0 aliphatic rings. The fourth-order valence-corrected chi connectivity index (χ4v) is 3.44. The van der Waals surface area contributed by atoms with Crippen LogP contribution in [0, 0.1) is 5.41 Å². The maximum absolute atomic E-state index is 13.3. The van der Waals surface area contributed by atoms with Crippen molar-refractivity contribution in [3.8, 4) is 0 Å². The Hall–Kier alpha value is -2.20. The molecule has 0 saturated heterocycles. The van der Waals surface area contributed by atoms with Gasteiger partial charge in [0.15, 0.2) is 17.0 Å². The predicted molar refractivity (Wildman–Crippen MR) is 107 cm³/mol. The van der Waals surface area contributed by atoms with Crippen LogP contribution < -0.4 is 0 Å². The van der Waals surface area contributed by atoms with Crippen LogP contribution >= 0.6 is 12.6 Å². The van der Waals surface area contributed by atoms with Gasteiger partial charge in [0.1, 0.15) is 0 Å². The van der Waals surface area contributed by atoms with Crippen molar-refractivity contribution in [2.45, 2.75) is 39.0 Å². The van der Waals surface area contributed by atoms with Crippen molar-refractivity contribution in [2.24, 2.45) is 5.41 Å². The van der Waals surface area contributed by atoms with E-state index in [4.69, 9.17) is 0 Å². The minimum Gasteiger partial charge on any atom is -0.292 e. The number of Topliss-reactive ketones (excluding diaryl/α,β-unsaturated/α-hetero) is 2. The van der Waals surface area contributed by atoms with Gasteiger partial charge in [-0.2, -0.15) is 0 Å². The third-order valence-electron chi connectivity index (χ3n) is 4.62. The second-order valence-corrected chi connectivity index (χ2v) is 6.82. The lowest BCUT2D eigenvalue weighted by molar-refractivity contribution is -0.115. The fourth-order valence-electron chi connectivity index (χ4n) is 3.12. The maximum Gasteiger partial charge on any atom is 0.207 e. The molecule has 0 heterocycles. The molecule has 0 spiro atoms. The van der Waals surface area contributed by atoms with Gasteiger partial charge in [0, 0.05) is 11.1 Å². The molecule has 4 heteroatoms. The van der Waals surface area contributed by atoms with Crippen molar-refractivity contribution in [2.75, 3.05) is 0 Å². The predicted octanol–water partition coefficient (Wildman–Crippen LogP) is 5.17. The Morgan fingerprint density at radius 2 is 1.23 bits per heavy atom. The molecule has 2 aromatic rings. The number of hydrogen-bond acceptors (Lipinski definition) is 3. The summed E-state index contributed by atoms with van der Waals surface area (Å²) < 4.78 is 0. The summed E-state index contributed by atoms with van der Waals surface area (Å²) in [6.45, 7) is 2.08.